The van der Waals surface area contributed by atoms with Crippen LogP contribution in [0.15, 0.2) is 24.3 Å². The topological polar surface area (TPSA) is 237 Å². The van der Waals surface area contributed by atoms with E-state index >= 15 is 0 Å². The highest BCUT2D eigenvalue weighted by atomic mass is 31.2. The number of phosphoric acid groups is 2. The quantitative estimate of drug-likeness (QED) is 0.0169. The van der Waals surface area contributed by atoms with E-state index in [2.05, 4.69) is 72.8 Å². The molecule has 0 heterocycles. The van der Waals surface area contributed by atoms with Gasteiger partial charge in [-0.2, -0.15) is 0 Å². The van der Waals surface area contributed by atoms with Crippen LogP contribution >= 0.6 is 15.6 Å². The van der Waals surface area contributed by atoms with E-state index in [0.717, 1.165) is 120 Å². The molecule has 0 aromatic heterocycles. The van der Waals surface area contributed by atoms with Gasteiger partial charge in [0.1, 0.15) is 19.3 Å². The highest BCUT2D eigenvalue weighted by Crippen LogP contribution is 2.45. The molecule has 0 aromatic rings. The molecule has 554 valence electrons. The molecular weight excluding hydrogens is 1230 g/mol. The number of ether oxygens (including phenoxy) is 4. The number of hydrogen-bond acceptors (Lipinski definition) is 15. The molecule has 0 aliphatic rings. The second-order valence-corrected chi connectivity index (χ2v) is 30.5. The maximum atomic E-state index is 13.1. The molecule has 0 aliphatic carbocycles. The van der Waals surface area contributed by atoms with Crippen LogP contribution in [0.25, 0.3) is 0 Å². The average Bonchev–Trinajstić information content (AvgIpc) is 1.46. The van der Waals surface area contributed by atoms with Gasteiger partial charge in [0.05, 0.1) is 26.4 Å². The van der Waals surface area contributed by atoms with E-state index < -0.39 is 97.5 Å². The first-order valence-electron chi connectivity index (χ1n) is 38.2. The molecule has 94 heavy (non-hydrogen) atoms. The Hall–Kier alpha value is -2.46. The molecule has 0 aliphatic heterocycles. The molecule has 3 unspecified atom stereocenters. The zero-order chi connectivity index (χ0) is 69.4. The van der Waals surface area contributed by atoms with E-state index in [1.165, 1.54) is 154 Å². The van der Waals surface area contributed by atoms with Crippen molar-refractivity contribution in [1.82, 2.24) is 0 Å². The number of rotatable bonds is 71. The van der Waals surface area contributed by atoms with Gasteiger partial charge in [-0.15, -0.1) is 0 Å². The van der Waals surface area contributed by atoms with Crippen molar-refractivity contribution >= 4 is 39.5 Å². The monoisotopic (exact) mass is 1380 g/mol. The largest absolute Gasteiger partial charge is 0.472 e. The third-order valence-electron chi connectivity index (χ3n) is 17.1. The summed E-state index contributed by atoms with van der Waals surface area (Å²) in [6.07, 6.45) is 53.4. The van der Waals surface area contributed by atoms with Crippen LogP contribution in [0.5, 0.6) is 0 Å². The summed E-state index contributed by atoms with van der Waals surface area (Å²) in [7, 11) is -9.92. The lowest BCUT2D eigenvalue weighted by Crippen LogP contribution is -2.30. The Morgan fingerprint density at radius 1 is 0.351 bits per heavy atom. The average molecular weight is 1380 g/mol. The van der Waals surface area contributed by atoms with Crippen LogP contribution in [0.2, 0.25) is 0 Å². The Morgan fingerprint density at radius 3 is 0.947 bits per heavy atom. The summed E-state index contributed by atoms with van der Waals surface area (Å²) in [5, 5.41) is 10.6. The molecular formula is C75H142O17P2. The molecule has 6 atom stereocenters. The number of carbonyl (C=O) groups is 4. The first kappa shape index (κ1) is 91.5. The van der Waals surface area contributed by atoms with Crippen LogP contribution in [-0.2, 0) is 65.4 Å². The molecule has 17 nitrogen and oxygen atoms in total. The molecule has 3 N–H and O–H groups in total. The zero-order valence-corrected chi connectivity index (χ0v) is 62.7. The van der Waals surface area contributed by atoms with Gasteiger partial charge in [0.15, 0.2) is 12.2 Å². The highest BCUT2D eigenvalue weighted by molar-refractivity contribution is 7.47. The van der Waals surface area contributed by atoms with Gasteiger partial charge in [0.25, 0.3) is 0 Å². The maximum absolute atomic E-state index is 13.1. The summed E-state index contributed by atoms with van der Waals surface area (Å²) in [5.41, 5.74) is 0. The summed E-state index contributed by atoms with van der Waals surface area (Å²) in [4.78, 5) is 72.8. The third-order valence-corrected chi connectivity index (χ3v) is 19.0. The molecule has 0 rings (SSSR count). The van der Waals surface area contributed by atoms with E-state index in [9.17, 15) is 43.2 Å². The SMILES string of the molecule is CCCCCC/C=C\C=C/CCCCCCCC(=O)O[C@H](COC(=O)CCCCCCCCCCCCCCC(C)C)COP(=O)(O)OC[C@@H](O)COP(=O)(O)OC[C@@H](COC(=O)CCCCCCCCCCC(C)CC)OC(=O)CCCCCCCCCCCC(C)C. The van der Waals surface area contributed by atoms with Crippen LogP contribution in [0.1, 0.15) is 357 Å². The number of hydrogen-bond donors (Lipinski definition) is 3. The fourth-order valence-electron chi connectivity index (χ4n) is 10.9. The Morgan fingerprint density at radius 2 is 0.628 bits per heavy atom. The van der Waals surface area contributed by atoms with Gasteiger partial charge in [-0.1, -0.05) is 304 Å². The van der Waals surface area contributed by atoms with Crippen molar-refractivity contribution in [2.75, 3.05) is 39.6 Å². The second-order valence-electron chi connectivity index (χ2n) is 27.5. The van der Waals surface area contributed by atoms with Gasteiger partial charge < -0.3 is 33.8 Å². The zero-order valence-electron chi connectivity index (χ0n) is 60.9. The van der Waals surface area contributed by atoms with Gasteiger partial charge in [0, 0.05) is 25.7 Å². The van der Waals surface area contributed by atoms with E-state index in [4.69, 9.17) is 37.0 Å². The number of aliphatic hydroxyl groups is 1. The smallest absolute Gasteiger partial charge is 0.462 e. The van der Waals surface area contributed by atoms with Crippen molar-refractivity contribution < 1.29 is 80.2 Å². The van der Waals surface area contributed by atoms with Gasteiger partial charge >= 0.3 is 39.5 Å². The molecule has 0 fully saturated rings. The molecule has 0 spiro atoms. The predicted molar refractivity (Wildman–Crippen MR) is 381 cm³/mol. The van der Waals surface area contributed by atoms with Gasteiger partial charge in [-0.25, -0.2) is 9.13 Å². The third kappa shape index (κ3) is 66.8. The summed E-state index contributed by atoms with van der Waals surface area (Å²) >= 11 is 0. The number of aliphatic hydroxyl groups excluding tert-OH is 1. The van der Waals surface area contributed by atoms with Crippen molar-refractivity contribution in [3.8, 4) is 0 Å². The fraction of sp³-hybridized carbons (Fsp3) is 0.893. The highest BCUT2D eigenvalue weighted by Gasteiger charge is 2.30. The lowest BCUT2D eigenvalue weighted by molar-refractivity contribution is -0.161. The van der Waals surface area contributed by atoms with E-state index in [0.29, 0.717) is 25.7 Å². The molecule has 0 radical (unpaired) electrons. The second kappa shape index (κ2) is 65.2. The minimum atomic E-state index is -4.97. The fourth-order valence-corrected chi connectivity index (χ4v) is 12.4. The molecule has 0 amide bonds. The molecule has 19 heteroatoms. The van der Waals surface area contributed by atoms with Crippen LogP contribution in [0, 0.1) is 17.8 Å². The lowest BCUT2D eigenvalue weighted by atomic mass is 9.99. The van der Waals surface area contributed by atoms with E-state index in [1.54, 1.807) is 0 Å². The Kier molecular flexibility index (Phi) is 63.5. The summed E-state index contributed by atoms with van der Waals surface area (Å²) in [5.74, 6) is 0.140. The standard InChI is InChI=1S/C75H142O17P2/c1-8-10-11-12-13-14-15-16-17-18-23-28-37-44-51-58-74(79)91-70(62-85-72(77)56-49-42-35-27-22-20-19-21-25-32-39-46-53-66(3)4)64-89-93(81,82)87-60-69(76)61-88-94(83,84)90-65-71(92-75(80)59-52-45-38-29-24-26-33-40-47-54-67(5)6)63-86-73(78)57-50-43-36-31-30-34-41-48-55-68(7)9-2/h14-17,66-71,76H,8-13,18-65H2,1-7H3,(H,81,82)(H,83,84)/b15-14-,17-16-/t68?,69-,70-,71-/m1/s1. The van der Waals surface area contributed by atoms with Crippen LogP contribution in [0.3, 0.4) is 0 Å². The Balaban J connectivity index is 5.31. The van der Waals surface area contributed by atoms with Crippen molar-refractivity contribution in [1.29, 1.82) is 0 Å². The number of unbranched alkanes of at least 4 members (excludes halogenated alkanes) is 35. The Bertz CT molecular complexity index is 1930. The first-order valence-corrected chi connectivity index (χ1v) is 41.2. The molecule has 0 bridgehead atoms. The normalized spacial score (nSPS) is 14.6. The lowest BCUT2D eigenvalue weighted by Gasteiger charge is -2.21. The summed E-state index contributed by atoms with van der Waals surface area (Å²) < 4.78 is 68.4. The number of esters is 4. The van der Waals surface area contributed by atoms with Gasteiger partial charge in [-0.3, -0.25) is 37.3 Å². The van der Waals surface area contributed by atoms with Crippen LogP contribution in [-0.4, -0.2) is 96.7 Å². The van der Waals surface area contributed by atoms with E-state index in [1.807, 2.05) is 0 Å². The van der Waals surface area contributed by atoms with Crippen molar-refractivity contribution in [2.45, 2.75) is 375 Å². The summed E-state index contributed by atoms with van der Waals surface area (Å²) in [6, 6.07) is 0. The van der Waals surface area contributed by atoms with E-state index in [-0.39, 0.29) is 25.7 Å². The maximum Gasteiger partial charge on any atom is 0.472 e. The number of allylic oxidation sites excluding steroid dienone is 4. The summed E-state index contributed by atoms with van der Waals surface area (Å²) in [6.45, 7) is 11.8. The first-order chi connectivity index (χ1) is 45.3. The minimum absolute atomic E-state index is 0.0846. The molecule has 0 saturated carbocycles. The van der Waals surface area contributed by atoms with Gasteiger partial charge in [0.2, 0.25) is 0 Å². The van der Waals surface area contributed by atoms with Gasteiger partial charge in [-0.05, 0) is 69.1 Å². The van der Waals surface area contributed by atoms with Crippen molar-refractivity contribution in [3.63, 3.8) is 0 Å². The minimum Gasteiger partial charge on any atom is -0.462 e. The predicted octanol–water partition coefficient (Wildman–Crippen LogP) is 21.3. The molecule has 0 saturated heterocycles. The number of carbonyl (C=O) groups excluding carboxylic acids is 4. The van der Waals surface area contributed by atoms with Crippen LogP contribution in [0.4, 0.5) is 0 Å². The number of phosphoric ester groups is 2. The van der Waals surface area contributed by atoms with Crippen LogP contribution < -0.4 is 0 Å². The van der Waals surface area contributed by atoms with Crippen molar-refractivity contribution in [2.24, 2.45) is 17.8 Å². The Labute approximate surface area is 573 Å². The van der Waals surface area contributed by atoms with Crippen molar-refractivity contribution in [3.05, 3.63) is 24.3 Å². The molecule has 0 aromatic carbocycles.